The molecule has 3 rings (SSSR count). The van der Waals surface area contributed by atoms with E-state index in [-0.39, 0.29) is 24.4 Å². The maximum absolute atomic E-state index is 12.8. The molecule has 2 atom stereocenters. The monoisotopic (exact) mass is 383 g/mol. The summed E-state index contributed by atoms with van der Waals surface area (Å²) in [6, 6.07) is 5.32. The second-order valence-corrected chi connectivity index (χ2v) is 7.02. The van der Waals surface area contributed by atoms with Crippen molar-refractivity contribution in [2.45, 2.75) is 45.4 Å². The van der Waals surface area contributed by atoms with E-state index in [2.05, 4.69) is 10.3 Å². The Morgan fingerprint density at radius 2 is 2.19 bits per heavy atom. The average Bonchev–Trinajstić information content (AvgIpc) is 2.96. The highest BCUT2D eigenvalue weighted by Crippen LogP contribution is 2.50. The third-order valence-electron chi connectivity index (χ3n) is 5.19. The molecule has 2 aromatic rings. The van der Waals surface area contributed by atoms with Crippen LogP contribution in [0.2, 0.25) is 0 Å². The molecule has 1 aromatic heterocycles. The molecule has 144 valence electrons. The molecular weight excluding hydrogens is 358 g/mol. The lowest BCUT2D eigenvalue weighted by Gasteiger charge is -2.57. The fourth-order valence-electron chi connectivity index (χ4n) is 3.30. The number of rotatable bonds is 6. The molecule has 0 saturated heterocycles. The highest BCUT2D eigenvalue weighted by Gasteiger charge is 2.62. The highest BCUT2D eigenvalue weighted by atomic mass is 35.5. The SMILES string of the molecule is CCOC1CC(N)(C(=O)Nc2ccc3oc(COC)nc3c2)C1(C)C.Cl. The van der Waals surface area contributed by atoms with Gasteiger partial charge in [0.1, 0.15) is 17.7 Å². The van der Waals surface area contributed by atoms with Gasteiger partial charge in [0.05, 0.1) is 6.10 Å². The van der Waals surface area contributed by atoms with Crippen LogP contribution in [0.5, 0.6) is 0 Å². The minimum Gasteiger partial charge on any atom is -0.438 e. The van der Waals surface area contributed by atoms with Gasteiger partial charge in [-0.05, 0) is 25.1 Å². The number of ether oxygens (including phenoxy) is 2. The second kappa shape index (κ2) is 7.52. The smallest absolute Gasteiger partial charge is 0.245 e. The molecular formula is C18H26ClN3O4. The van der Waals surface area contributed by atoms with Crippen LogP contribution in [0, 0.1) is 5.41 Å². The summed E-state index contributed by atoms with van der Waals surface area (Å²) in [5.74, 6) is 0.282. The van der Waals surface area contributed by atoms with Crippen molar-refractivity contribution in [3.63, 3.8) is 0 Å². The lowest BCUT2D eigenvalue weighted by atomic mass is 9.54. The lowest BCUT2D eigenvalue weighted by Crippen LogP contribution is -2.74. The van der Waals surface area contributed by atoms with Crippen LogP contribution in [0.4, 0.5) is 5.69 Å². The van der Waals surface area contributed by atoms with E-state index in [1.54, 1.807) is 25.3 Å². The van der Waals surface area contributed by atoms with E-state index in [4.69, 9.17) is 19.6 Å². The summed E-state index contributed by atoms with van der Waals surface area (Å²) in [6.45, 7) is 6.79. The zero-order valence-corrected chi connectivity index (χ0v) is 16.3. The number of benzene rings is 1. The minimum atomic E-state index is -0.965. The average molecular weight is 384 g/mol. The van der Waals surface area contributed by atoms with Gasteiger partial charge in [0.2, 0.25) is 11.8 Å². The van der Waals surface area contributed by atoms with Crippen LogP contribution in [0.1, 0.15) is 33.1 Å². The molecule has 1 aliphatic rings. The van der Waals surface area contributed by atoms with E-state index >= 15 is 0 Å². The van der Waals surface area contributed by atoms with Crippen LogP contribution in [0.15, 0.2) is 22.6 Å². The minimum absolute atomic E-state index is 0. The summed E-state index contributed by atoms with van der Waals surface area (Å²) < 4.78 is 16.2. The number of aromatic nitrogens is 1. The summed E-state index contributed by atoms with van der Waals surface area (Å²) in [5.41, 5.74) is 6.95. The Morgan fingerprint density at radius 1 is 1.46 bits per heavy atom. The summed E-state index contributed by atoms with van der Waals surface area (Å²) in [7, 11) is 1.58. The number of nitrogens with one attached hydrogen (secondary N) is 1. The summed E-state index contributed by atoms with van der Waals surface area (Å²) >= 11 is 0. The van der Waals surface area contributed by atoms with E-state index in [1.165, 1.54) is 0 Å². The van der Waals surface area contributed by atoms with Crippen molar-refractivity contribution < 1.29 is 18.7 Å². The first kappa shape index (κ1) is 20.6. The fraction of sp³-hybridized carbons (Fsp3) is 0.556. The molecule has 1 heterocycles. The van der Waals surface area contributed by atoms with Crippen LogP contribution in [-0.4, -0.2) is 36.3 Å². The first-order valence-electron chi connectivity index (χ1n) is 8.42. The standard InChI is InChI=1S/C18H25N3O4.ClH/c1-5-24-14-9-18(19,17(14,2)3)16(22)20-11-6-7-13-12(8-11)21-15(25-13)10-23-4;/h6-8,14H,5,9-10,19H2,1-4H3,(H,20,22);1H. The van der Waals surface area contributed by atoms with E-state index in [1.807, 2.05) is 20.8 Å². The van der Waals surface area contributed by atoms with Crippen molar-refractivity contribution in [1.82, 2.24) is 4.98 Å². The third-order valence-corrected chi connectivity index (χ3v) is 5.19. The van der Waals surface area contributed by atoms with Gasteiger partial charge >= 0.3 is 0 Å². The van der Waals surface area contributed by atoms with Crippen molar-refractivity contribution in [1.29, 1.82) is 0 Å². The van der Waals surface area contributed by atoms with Crippen molar-refractivity contribution in [2.75, 3.05) is 19.0 Å². The van der Waals surface area contributed by atoms with Gasteiger partial charge < -0.3 is 24.9 Å². The first-order chi connectivity index (χ1) is 11.8. The Kier molecular flexibility index (Phi) is 5.97. The Bertz CT molecular complexity index is 792. The normalized spacial score (nSPS) is 24.0. The van der Waals surface area contributed by atoms with E-state index < -0.39 is 11.0 Å². The molecule has 0 aliphatic heterocycles. The van der Waals surface area contributed by atoms with E-state index in [0.717, 1.165) is 0 Å². The van der Waals surface area contributed by atoms with Gasteiger partial charge in [-0.3, -0.25) is 4.79 Å². The predicted octanol–water partition coefficient (Wildman–Crippen LogP) is 2.87. The predicted molar refractivity (Wildman–Crippen MR) is 101 cm³/mol. The Labute approximate surface area is 159 Å². The van der Waals surface area contributed by atoms with Crippen LogP contribution in [0.25, 0.3) is 11.1 Å². The van der Waals surface area contributed by atoms with E-state index in [0.29, 0.717) is 42.3 Å². The zero-order chi connectivity index (χ0) is 18.2. The molecule has 0 spiro atoms. The second-order valence-electron chi connectivity index (χ2n) is 7.02. The van der Waals surface area contributed by atoms with Gasteiger partial charge in [-0.25, -0.2) is 4.98 Å². The number of methoxy groups -OCH3 is 1. The summed E-state index contributed by atoms with van der Waals surface area (Å²) in [6.07, 6.45) is 0.493. The number of oxazole rings is 1. The molecule has 2 unspecified atom stereocenters. The number of anilines is 1. The van der Waals surface area contributed by atoms with Gasteiger partial charge in [0, 0.05) is 31.2 Å². The van der Waals surface area contributed by atoms with Crippen molar-refractivity contribution >= 4 is 35.1 Å². The summed E-state index contributed by atoms with van der Waals surface area (Å²) in [5, 5.41) is 2.90. The maximum Gasteiger partial charge on any atom is 0.245 e. The number of amides is 1. The number of carbonyl (C=O) groups excluding carboxylic acids is 1. The highest BCUT2D eigenvalue weighted by molar-refractivity contribution is 6.00. The Morgan fingerprint density at radius 3 is 2.81 bits per heavy atom. The number of hydrogen-bond donors (Lipinski definition) is 2. The number of hydrogen-bond acceptors (Lipinski definition) is 6. The molecule has 3 N–H and O–H groups in total. The van der Waals surface area contributed by atoms with Gasteiger partial charge in [0.25, 0.3) is 0 Å². The topological polar surface area (TPSA) is 99.6 Å². The molecule has 26 heavy (non-hydrogen) atoms. The van der Waals surface area contributed by atoms with Crippen LogP contribution < -0.4 is 11.1 Å². The molecule has 7 nitrogen and oxygen atoms in total. The Balaban J connectivity index is 0.00000243. The number of nitrogens with zero attached hydrogens (tertiary/aromatic N) is 1. The van der Waals surface area contributed by atoms with Gasteiger partial charge in [0.15, 0.2) is 5.58 Å². The molecule has 0 bridgehead atoms. The molecule has 1 fully saturated rings. The fourth-order valence-corrected chi connectivity index (χ4v) is 3.30. The number of carbonyl (C=O) groups is 1. The first-order valence-corrected chi connectivity index (χ1v) is 8.42. The van der Waals surface area contributed by atoms with Crippen LogP contribution in [-0.2, 0) is 20.9 Å². The molecule has 1 aliphatic carbocycles. The van der Waals surface area contributed by atoms with Crippen molar-refractivity contribution in [3.8, 4) is 0 Å². The number of halogens is 1. The zero-order valence-electron chi connectivity index (χ0n) is 15.5. The molecule has 0 radical (unpaired) electrons. The quantitative estimate of drug-likeness (QED) is 0.795. The Hall–Kier alpha value is -1.67. The van der Waals surface area contributed by atoms with Gasteiger partial charge in [-0.2, -0.15) is 0 Å². The van der Waals surface area contributed by atoms with Crippen molar-refractivity contribution in [3.05, 3.63) is 24.1 Å². The largest absolute Gasteiger partial charge is 0.438 e. The van der Waals surface area contributed by atoms with E-state index in [9.17, 15) is 4.79 Å². The summed E-state index contributed by atoms with van der Waals surface area (Å²) in [4.78, 5) is 17.1. The molecule has 8 heteroatoms. The molecule has 1 amide bonds. The van der Waals surface area contributed by atoms with Gasteiger partial charge in [-0.1, -0.05) is 13.8 Å². The van der Waals surface area contributed by atoms with Gasteiger partial charge in [-0.15, -0.1) is 12.4 Å². The van der Waals surface area contributed by atoms with Crippen LogP contribution in [0.3, 0.4) is 0 Å². The van der Waals surface area contributed by atoms with Crippen LogP contribution >= 0.6 is 12.4 Å². The lowest BCUT2D eigenvalue weighted by molar-refractivity contribution is -0.166. The van der Waals surface area contributed by atoms with Crippen molar-refractivity contribution in [2.24, 2.45) is 11.1 Å². The molecule has 1 aromatic carbocycles. The number of nitrogens with two attached hydrogens (primary N) is 1. The molecule has 1 saturated carbocycles. The third kappa shape index (κ3) is 3.32. The number of fused-ring (bicyclic) bond motifs is 1. The maximum atomic E-state index is 12.8.